The van der Waals surface area contributed by atoms with Crippen LogP contribution in [0.4, 0.5) is 0 Å². The third-order valence-corrected chi connectivity index (χ3v) is 8.44. The van der Waals surface area contributed by atoms with E-state index in [9.17, 15) is 19.5 Å². The minimum atomic E-state index is -1.21. The molecule has 0 aromatic heterocycles. The molecule has 0 unspecified atom stereocenters. The average Bonchev–Trinajstić information content (AvgIpc) is 3.33. The Hall–Kier alpha value is -4.24. The second-order valence-corrected chi connectivity index (χ2v) is 11.3. The number of nitrogens with one attached hydrogen (secondary N) is 4. The molecule has 2 amide bonds. The molecule has 0 spiro atoms. The largest absolute Gasteiger partial charge is 0.480 e. The van der Waals surface area contributed by atoms with E-state index in [0.717, 1.165) is 59.6 Å². The van der Waals surface area contributed by atoms with Gasteiger partial charge in [0.2, 0.25) is 11.8 Å². The van der Waals surface area contributed by atoms with E-state index in [1.54, 1.807) is 12.1 Å². The van der Waals surface area contributed by atoms with E-state index in [1.165, 1.54) is 0 Å². The molecule has 214 valence electrons. The number of carbonyl (C=O) groups excluding carboxylic acids is 2. The molecule has 1 fully saturated rings. The molecule has 2 aliphatic rings. The Kier molecular flexibility index (Phi) is 8.35. The topological polar surface area (TPSA) is 157 Å². The van der Waals surface area contributed by atoms with Crippen molar-refractivity contribution in [2.24, 2.45) is 11.7 Å². The molecule has 0 aliphatic heterocycles. The van der Waals surface area contributed by atoms with Crippen LogP contribution in [0.5, 0.6) is 0 Å². The van der Waals surface area contributed by atoms with Crippen molar-refractivity contribution < 1.29 is 19.5 Å². The Bertz CT molecular complexity index is 1420. The number of nitrogen functional groups attached to an aromatic ring is 1. The van der Waals surface area contributed by atoms with Gasteiger partial charge in [0.25, 0.3) is 0 Å². The van der Waals surface area contributed by atoms with E-state index in [1.807, 2.05) is 36.4 Å². The van der Waals surface area contributed by atoms with Crippen LogP contribution in [-0.4, -0.2) is 46.9 Å². The standard InChI is InChI=1S/C32H37N5O4/c33-29(34)22-12-10-20(11-13-22)18-36-31(41)32(16-25-14-23-8-4-5-9-24(23)15-26(25)17-32)37-30(40)28(35-19-27(38)39)21-6-2-1-3-7-21/h4-5,8-15,21,28,35H,1-3,6-7,16-19H2,(H3,33,34)(H,36,41)(H,37,40)(H,38,39)/t28-/m1/s1. The predicted octanol–water partition coefficient (Wildman–Crippen LogP) is 3.02. The van der Waals surface area contributed by atoms with Gasteiger partial charge in [0.1, 0.15) is 11.4 Å². The normalized spacial score (nSPS) is 17.0. The highest BCUT2D eigenvalue weighted by atomic mass is 16.4. The lowest BCUT2D eigenvalue weighted by atomic mass is 9.82. The zero-order chi connectivity index (χ0) is 29.0. The number of amidine groups is 1. The van der Waals surface area contributed by atoms with Crippen LogP contribution in [0.15, 0.2) is 60.7 Å². The summed E-state index contributed by atoms with van der Waals surface area (Å²) in [6, 6.07) is 18.6. The van der Waals surface area contributed by atoms with Gasteiger partial charge in [0.15, 0.2) is 0 Å². The fourth-order valence-electron chi connectivity index (χ4n) is 6.29. The van der Waals surface area contributed by atoms with E-state index in [-0.39, 0.29) is 36.7 Å². The Morgan fingerprint density at radius 3 is 2.12 bits per heavy atom. The first-order valence-electron chi connectivity index (χ1n) is 14.2. The van der Waals surface area contributed by atoms with Gasteiger partial charge in [0.05, 0.1) is 12.6 Å². The van der Waals surface area contributed by atoms with Gasteiger partial charge in [-0.1, -0.05) is 79.9 Å². The maximum absolute atomic E-state index is 14.0. The van der Waals surface area contributed by atoms with Crippen LogP contribution < -0.4 is 21.7 Å². The molecule has 1 atom stereocenters. The van der Waals surface area contributed by atoms with Crippen molar-refractivity contribution >= 4 is 34.4 Å². The summed E-state index contributed by atoms with van der Waals surface area (Å²) in [5, 5.41) is 28.2. The fraction of sp³-hybridized carbons (Fsp3) is 0.375. The van der Waals surface area contributed by atoms with Gasteiger partial charge in [-0.2, -0.15) is 0 Å². The highest BCUT2D eigenvalue weighted by Gasteiger charge is 2.46. The number of rotatable bonds is 10. The van der Waals surface area contributed by atoms with Crippen molar-refractivity contribution in [3.8, 4) is 0 Å². The summed E-state index contributed by atoms with van der Waals surface area (Å²) in [5.41, 5.74) is 7.82. The van der Waals surface area contributed by atoms with Crippen LogP contribution in [0.1, 0.15) is 54.4 Å². The second-order valence-electron chi connectivity index (χ2n) is 11.3. The van der Waals surface area contributed by atoms with Crippen molar-refractivity contribution in [3.63, 3.8) is 0 Å². The van der Waals surface area contributed by atoms with Gasteiger partial charge in [-0.15, -0.1) is 0 Å². The molecule has 9 nitrogen and oxygen atoms in total. The van der Waals surface area contributed by atoms with Crippen LogP contribution in [0.3, 0.4) is 0 Å². The number of hydrogen-bond donors (Lipinski definition) is 6. The van der Waals surface area contributed by atoms with E-state index >= 15 is 0 Å². The molecular weight excluding hydrogens is 518 g/mol. The van der Waals surface area contributed by atoms with E-state index in [0.29, 0.717) is 18.4 Å². The molecule has 9 heteroatoms. The molecule has 2 aliphatic carbocycles. The summed E-state index contributed by atoms with van der Waals surface area (Å²) < 4.78 is 0. The minimum Gasteiger partial charge on any atom is -0.480 e. The van der Waals surface area contributed by atoms with Crippen LogP contribution in [0.25, 0.3) is 10.8 Å². The molecule has 1 saturated carbocycles. The number of hydrogen-bond acceptors (Lipinski definition) is 5. The molecule has 3 aromatic carbocycles. The number of aliphatic carboxylic acids is 1. The first kappa shape index (κ1) is 28.3. The molecule has 7 N–H and O–H groups in total. The van der Waals surface area contributed by atoms with Crippen LogP contribution in [0.2, 0.25) is 0 Å². The summed E-state index contributed by atoms with van der Waals surface area (Å²) in [6.45, 7) is -0.0774. The average molecular weight is 556 g/mol. The lowest BCUT2D eigenvalue weighted by Crippen LogP contribution is -2.63. The zero-order valence-corrected chi connectivity index (χ0v) is 23.0. The Morgan fingerprint density at radius 1 is 0.951 bits per heavy atom. The Balaban J connectivity index is 1.41. The molecule has 41 heavy (non-hydrogen) atoms. The third kappa shape index (κ3) is 6.41. The molecule has 3 aromatic rings. The third-order valence-electron chi connectivity index (χ3n) is 8.44. The second kappa shape index (κ2) is 12.1. The van der Waals surface area contributed by atoms with Crippen molar-refractivity contribution in [1.29, 1.82) is 5.41 Å². The number of benzene rings is 3. The van der Waals surface area contributed by atoms with Gasteiger partial charge in [-0.3, -0.25) is 25.1 Å². The van der Waals surface area contributed by atoms with Crippen molar-refractivity contribution in [2.45, 2.75) is 63.1 Å². The summed E-state index contributed by atoms with van der Waals surface area (Å²) in [5.74, 6) is -1.67. The lowest BCUT2D eigenvalue weighted by molar-refractivity contribution is -0.138. The Labute approximate surface area is 239 Å². The highest BCUT2D eigenvalue weighted by molar-refractivity contribution is 5.96. The summed E-state index contributed by atoms with van der Waals surface area (Å²) in [4.78, 5) is 39.3. The van der Waals surface area contributed by atoms with Crippen LogP contribution >= 0.6 is 0 Å². The molecule has 5 rings (SSSR count). The number of carboxylic acid groups (broad SMARTS) is 1. The summed E-state index contributed by atoms with van der Waals surface area (Å²) in [7, 11) is 0. The summed E-state index contributed by atoms with van der Waals surface area (Å²) >= 11 is 0. The monoisotopic (exact) mass is 555 g/mol. The quantitative estimate of drug-likeness (QED) is 0.167. The van der Waals surface area contributed by atoms with Crippen LogP contribution in [0, 0.1) is 11.3 Å². The van der Waals surface area contributed by atoms with Gasteiger partial charge in [-0.05, 0) is 46.2 Å². The SMILES string of the molecule is N=C(N)c1ccc(CNC(=O)C2(NC(=O)[C@H](NCC(=O)O)C3CCCCC3)Cc3cc4ccccc4cc3C2)cc1. The van der Waals surface area contributed by atoms with Gasteiger partial charge in [-0.25, -0.2) is 0 Å². The predicted molar refractivity (Wildman–Crippen MR) is 158 cm³/mol. The minimum absolute atomic E-state index is 0.00867. The van der Waals surface area contributed by atoms with Gasteiger partial charge < -0.3 is 21.5 Å². The number of nitrogens with two attached hydrogens (primary N) is 1. The number of carbonyl (C=O) groups is 3. The van der Waals surface area contributed by atoms with Crippen LogP contribution in [-0.2, 0) is 33.8 Å². The Morgan fingerprint density at radius 2 is 1.56 bits per heavy atom. The molecule has 0 radical (unpaired) electrons. The highest BCUT2D eigenvalue weighted by Crippen LogP contribution is 2.35. The molecule has 0 bridgehead atoms. The lowest BCUT2D eigenvalue weighted by Gasteiger charge is -2.35. The summed E-state index contributed by atoms with van der Waals surface area (Å²) in [6.07, 6.45) is 5.45. The van der Waals surface area contributed by atoms with Gasteiger partial charge in [0, 0.05) is 24.9 Å². The van der Waals surface area contributed by atoms with E-state index in [2.05, 4.69) is 28.1 Å². The number of amides is 2. The zero-order valence-electron chi connectivity index (χ0n) is 23.0. The molecular formula is C32H37N5O4. The number of fused-ring (bicyclic) bond motifs is 2. The van der Waals surface area contributed by atoms with E-state index in [4.69, 9.17) is 11.1 Å². The first-order valence-corrected chi connectivity index (χ1v) is 14.2. The van der Waals surface area contributed by atoms with Crippen molar-refractivity contribution in [2.75, 3.05) is 6.54 Å². The van der Waals surface area contributed by atoms with Crippen molar-refractivity contribution in [1.82, 2.24) is 16.0 Å². The van der Waals surface area contributed by atoms with Crippen molar-refractivity contribution in [3.05, 3.63) is 82.9 Å². The van der Waals surface area contributed by atoms with E-state index < -0.39 is 17.6 Å². The molecule has 0 saturated heterocycles. The number of carboxylic acids is 1. The maximum atomic E-state index is 14.0. The maximum Gasteiger partial charge on any atom is 0.317 e. The van der Waals surface area contributed by atoms with Gasteiger partial charge >= 0.3 is 5.97 Å². The first-order chi connectivity index (χ1) is 19.7. The fourth-order valence-corrected chi connectivity index (χ4v) is 6.29. The molecule has 0 heterocycles. The smallest absolute Gasteiger partial charge is 0.317 e.